The van der Waals surface area contributed by atoms with Crippen molar-refractivity contribution in [2.75, 3.05) is 12.4 Å². The number of nitrogens with zero attached hydrogens (tertiary/aromatic N) is 1. The summed E-state index contributed by atoms with van der Waals surface area (Å²) in [6, 6.07) is 0. The molecule has 0 aromatic carbocycles. The fraction of sp³-hybridized carbons (Fsp3) is 0.625. The molecule has 0 heterocycles. The summed E-state index contributed by atoms with van der Waals surface area (Å²) in [5.74, 6) is 1.35. The lowest BCUT2D eigenvalue weighted by molar-refractivity contribution is -0.116. The molecule has 1 aliphatic rings. The third-order valence-electron chi connectivity index (χ3n) is 3.46. The Kier molecular flexibility index (Phi) is 8.64. The number of aliphatic hydroxyl groups excluding tert-OH is 1. The molecule has 1 N–H and O–H groups in total. The number of allylic oxidation sites excluding steroid dienone is 2. The molecule has 0 spiro atoms. The van der Waals surface area contributed by atoms with Gasteiger partial charge in [-0.15, -0.1) is 0 Å². The average Bonchev–Trinajstić information content (AvgIpc) is 2.43. The molecule has 0 saturated heterocycles. The van der Waals surface area contributed by atoms with Crippen LogP contribution in [-0.4, -0.2) is 34.2 Å². The largest absolute Gasteiger partial charge is 0.511 e. The molecule has 0 amide bonds. The Morgan fingerprint density at radius 3 is 2.91 bits per heavy atom. The van der Waals surface area contributed by atoms with Crippen molar-refractivity contribution in [1.29, 1.82) is 0 Å². The summed E-state index contributed by atoms with van der Waals surface area (Å²) in [6.07, 6.45) is 3.53. The Hall–Kier alpha value is -0.940. The number of oxime groups is 1. The van der Waals surface area contributed by atoms with Gasteiger partial charge in [-0.1, -0.05) is 30.6 Å². The van der Waals surface area contributed by atoms with Crippen LogP contribution in [0.3, 0.4) is 0 Å². The summed E-state index contributed by atoms with van der Waals surface area (Å²) in [5, 5.41) is 14.6. The molecule has 0 aromatic rings. The van der Waals surface area contributed by atoms with Crippen molar-refractivity contribution >= 4 is 34.9 Å². The number of hydrogen-bond donors (Lipinski definition) is 1. The second-order valence-corrected chi connectivity index (χ2v) is 7.32. The summed E-state index contributed by atoms with van der Waals surface area (Å²) in [5.41, 5.74) is 2.06. The summed E-state index contributed by atoms with van der Waals surface area (Å²) in [6.45, 7) is 6.20. The summed E-state index contributed by atoms with van der Waals surface area (Å²) in [7, 11) is 0. The van der Waals surface area contributed by atoms with E-state index < -0.39 is 0 Å². The van der Waals surface area contributed by atoms with Crippen LogP contribution >= 0.6 is 23.4 Å². The van der Waals surface area contributed by atoms with Crippen LogP contribution in [0.15, 0.2) is 28.1 Å². The molecule has 0 aromatic heterocycles. The van der Waals surface area contributed by atoms with Gasteiger partial charge in [-0.25, -0.2) is 0 Å². The van der Waals surface area contributed by atoms with E-state index >= 15 is 0 Å². The Balaban J connectivity index is 2.70. The van der Waals surface area contributed by atoms with Crippen LogP contribution in [0.1, 0.15) is 40.0 Å². The number of hydrogen-bond acceptors (Lipinski definition) is 5. The van der Waals surface area contributed by atoms with Crippen molar-refractivity contribution < 1.29 is 14.7 Å². The molecule has 1 aliphatic carbocycles. The topological polar surface area (TPSA) is 58.9 Å². The van der Waals surface area contributed by atoms with Crippen molar-refractivity contribution in [2.45, 2.75) is 45.3 Å². The zero-order valence-electron chi connectivity index (χ0n) is 13.3. The highest BCUT2D eigenvalue weighted by Gasteiger charge is 2.30. The molecular weight excluding hydrogens is 322 g/mol. The molecule has 2 atom stereocenters. The van der Waals surface area contributed by atoms with Crippen molar-refractivity contribution in [3.63, 3.8) is 0 Å². The zero-order valence-corrected chi connectivity index (χ0v) is 14.9. The van der Waals surface area contributed by atoms with Crippen LogP contribution in [0.4, 0.5) is 0 Å². The van der Waals surface area contributed by atoms with Gasteiger partial charge in [0.1, 0.15) is 12.4 Å². The van der Waals surface area contributed by atoms with E-state index in [-0.39, 0.29) is 24.1 Å². The summed E-state index contributed by atoms with van der Waals surface area (Å²) in [4.78, 5) is 17.3. The minimum atomic E-state index is -0.0554. The van der Waals surface area contributed by atoms with Gasteiger partial charge in [-0.3, -0.25) is 4.79 Å². The monoisotopic (exact) mass is 345 g/mol. The number of Topliss-reactive ketones (excluding diaryl/α,β-unsaturated/α-hetero) is 1. The van der Waals surface area contributed by atoms with E-state index in [9.17, 15) is 9.90 Å². The first-order chi connectivity index (χ1) is 10.5. The molecule has 0 aliphatic heterocycles. The molecule has 4 nitrogen and oxygen atoms in total. The molecule has 0 radical (unpaired) electrons. The fourth-order valence-corrected chi connectivity index (χ4v) is 3.68. The number of carbonyl (C=O) groups excluding carboxylic acids is 1. The van der Waals surface area contributed by atoms with Gasteiger partial charge in [0, 0.05) is 23.6 Å². The van der Waals surface area contributed by atoms with E-state index in [1.807, 2.05) is 11.8 Å². The molecule has 124 valence electrons. The SMILES string of the molecule is CCS[C@H](C)C[C@H]1CC(=O)C(/C(C)=N\OC/C=C/Cl)=C(O)C1. The van der Waals surface area contributed by atoms with E-state index in [0.29, 0.717) is 29.4 Å². The molecule has 22 heavy (non-hydrogen) atoms. The minimum absolute atomic E-state index is 0.0554. The van der Waals surface area contributed by atoms with E-state index in [2.05, 4.69) is 19.0 Å². The smallest absolute Gasteiger partial charge is 0.168 e. The molecule has 1 rings (SSSR count). The Labute approximate surface area is 141 Å². The summed E-state index contributed by atoms with van der Waals surface area (Å²) >= 11 is 7.26. The number of ketones is 1. The highest BCUT2D eigenvalue weighted by Crippen LogP contribution is 2.32. The third-order valence-corrected chi connectivity index (χ3v) is 4.74. The predicted octanol–water partition coefficient (Wildman–Crippen LogP) is 4.45. The molecular formula is C16H24ClNO3S. The van der Waals surface area contributed by atoms with Crippen LogP contribution in [0.2, 0.25) is 0 Å². The minimum Gasteiger partial charge on any atom is -0.511 e. The van der Waals surface area contributed by atoms with Crippen LogP contribution in [-0.2, 0) is 9.63 Å². The van der Waals surface area contributed by atoms with Crippen LogP contribution in [0, 0.1) is 5.92 Å². The zero-order chi connectivity index (χ0) is 16.5. The number of halogens is 1. The highest BCUT2D eigenvalue weighted by atomic mass is 35.5. The Morgan fingerprint density at radius 1 is 1.59 bits per heavy atom. The summed E-state index contributed by atoms with van der Waals surface area (Å²) < 4.78 is 0. The predicted molar refractivity (Wildman–Crippen MR) is 93.7 cm³/mol. The van der Waals surface area contributed by atoms with Gasteiger partial charge in [-0.05, 0) is 31.1 Å². The maximum absolute atomic E-state index is 12.3. The number of rotatable bonds is 8. The van der Waals surface area contributed by atoms with Gasteiger partial charge in [0.2, 0.25) is 0 Å². The van der Waals surface area contributed by atoms with E-state index in [0.717, 1.165) is 12.2 Å². The second kappa shape index (κ2) is 9.95. The Bertz CT molecular complexity index is 474. The third kappa shape index (κ3) is 6.05. The maximum Gasteiger partial charge on any atom is 0.168 e. The highest BCUT2D eigenvalue weighted by molar-refractivity contribution is 7.99. The second-order valence-electron chi connectivity index (χ2n) is 5.35. The first-order valence-electron chi connectivity index (χ1n) is 7.48. The van der Waals surface area contributed by atoms with E-state index in [1.165, 1.54) is 5.54 Å². The number of carbonyl (C=O) groups is 1. The van der Waals surface area contributed by atoms with Gasteiger partial charge in [0.15, 0.2) is 5.78 Å². The van der Waals surface area contributed by atoms with Gasteiger partial charge in [0.25, 0.3) is 0 Å². The molecule has 6 heteroatoms. The molecule has 0 fully saturated rings. The lowest BCUT2D eigenvalue weighted by Crippen LogP contribution is -2.25. The van der Waals surface area contributed by atoms with Crippen molar-refractivity contribution in [3.8, 4) is 0 Å². The fourth-order valence-electron chi connectivity index (χ4n) is 2.63. The van der Waals surface area contributed by atoms with E-state index in [1.54, 1.807) is 13.0 Å². The number of aliphatic hydroxyl groups is 1. The van der Waals surface area contributed by atoms with Gasteiger partial charge in [0.05, 0.1) is 11.3 Å². The van der Waals surface area contributed by atoms with Gasteiger partial charge < -0.3 is 9.94 Å². The normalized spacial score (nSPS) is 21.5. The first-order valence-corrected chi connectivity index (χ1v) is 8.97. The van der Waals surface area contributed by atoms with Crippen molar-refractivity contribution in [2.24, 2.45) is 11.1 Å². The van der Waals surface area contributed by atoms with E-state index in [4.69, 9.17) is 16.4 Å². The molecule has 0 bridgehead atoms. The average molecular weight is 346 g/mol. The van der Waals surface area contributed by atoms with Crippen LogP contribution in [0.25, 0.3) is 0 Å². The van der Waals surface area contributed by atoms with Crippen molar-refractivity contribution in [3.05, 3.63) is 22.9 Å². The lowest BCUT2D eigenvalue weighted by Gasteiger charge is -2.25. The van der Waals surface area contributed by atoms with Gasteiger partial charge >= 0.3 is 0 Å². The van der Waals surface area contributed by atoms with Crippen molar-refractivity contribution in [1.82, 2.24) is 0 Å². The number of thioether (sulfide) groups is 1. The lowest BCUT2D eigenvalue weighted by atomic mass is 9.83. The molecule has 0 unspecified atom stereocenters. The van der Waals surface area contributed by atoms with Gasteiger partial charge in [-0.2, -0.15) is 11.8 Å². The standard InChI is InChI=1S/C16H24ClNO3S/c1-4-22-11(2)8-13-9-14(19)16(15(20)10-13)12(3)18-21-7-5-6-17/h5-6,11,13,19H,4,7-10H2,1-3H3/b6-5+,18-12-/t11-,13-/m1/s1. The van der Waals surface area contributed by atoms with Crippen LogP contribution in [0.5, 0.6) is 0 Å². The maximum atomic E-state index is 12.3. The quantitative estimate of drug-likeness (QED) is 0.401. The van der Waals surface area contributed by atoms with Crippen LogP contribution < -0.4 is 0 Å². The first kappa shape index (κ1) is 19.1. The molecule has 0 saturated carbocycles. The Morgan fingerprint density at radius 2 is 2.32 bits per heavy atom.